The van der Waals surface area contributed by atoms with E-state index < -0.39 is 0 Å². The summed E-state index contributed by atoms with van der Waals surface area (Å²) in [5.74, 6) is 0. The Kier molecular flexibility index (Phi) is 8.78. The van der Waals surface area contributed by atoms with Gasteiger partial charge in [0, 0.05) is 71.8 Å². The van der Waals surface area contributed by atoms with Gasteiger partial charge in [0.15, 0.2) is 7.28 Å². The molecule has 7 aromatic carbocycles. The SMILES string of the molecule is Cn1c(-c2ccccc2)cc2cc3c(cc21)-n1c2cc4c(cc2c2c5c(sc6ccccc65)c(-c5cc(C(C)(C)C)ccc5Nc5ccc(C(C)(C)C)cc5)c(c21)[B]3)C(C)(C)CCC4(C)C. The van der Waals surface area contributed by atoms with Crippen molar-refractivity contribution in [3.05, 3.63) is 150 Å². The number of benzene rings is 7. The topological polar surface area (TPSA) is 21.9 Å². The minimum Gasteiger partial charge on any atom is -0.355 e. The Labute approximate surface area is 394 Å². The predicted molar refractivity (Wildman–Crippen MR) is 288 cm³/mol. The van der Waals surface area contributed by atoms with Crippen LogP contribution in [-0.2, 0) is 28.7 Å². The lowest BCUT2D eigenvalue weighted by Crippen LogP contribution is -2.37. The van der Waals surface area contributed by atoms with Crippen LogP contribution in [0, 0.1) is 0 Å². The van der Waals surface area contributed by atoms with Gasteiger partial charge in [0.05, 0.1) is 11.0 Å². The largest absolute Gasteiger partial charge is 0.355 e. The Balaban J connectivity index is 1.24. The molecule has 1 aliphatic heterocycles. The third-order valence-corrected chi connectivity index (χ3v) is 16.7. The monoisotopic (exact) mass is 876 g/mol. The summed E-state index contributed by atoms with van der Waals surface area (Å²) in [5.41, 5.74) is 20.6. The number of anilines is 2. The van der Waals surface area contributed by atoms with Crippen LogP contribution in [0.5, 0.6) is 0 Å². The lowest BCUT2D eigenvalue weighted by atomic mass is 9.58. The summed E-state index contributed by atoms with van der Waals surface area (Å²) in [6.07, 6.45) is 2.34. The molecule has 0 amide bonds. The van der Waals surface area contributed by atoms with Crippen LogP contribution < -0.4 is 16.2 Å². The average Bonchev–Trinajstić information content (AvgIpc) is 3.94. The summed E-state index contributed by atoms with van der Waals surface area (Å²) in [7, 11) is 4.78. The first kappa shape index (κ1) is 41.4. The van der Waals surface area contributed by atoms with E-state index in [1.165, 1.54) is 127 Å². The highest BCUT2D eigenvalue weighted by atomic mass is 32.1. The standard InChI is InChI=1S/C61H59BN3S/c1-58(2,3)37-21-24-39(25-22-37)63-46-26-23-38(59(4,5)6)31-41(46)54-55-56-52(53-40-19-15-16-20-51(40)66-57(53)54)42-32-43-44(61(9,10)28-27-60(43,7)8)33-49(42)65(56)50-34-48-36(29-45(50)62-55)30-47(64(48)11)35-17-13-12-14-18-35/h12-26,29-34,63H,27-28H2,1-11H3. The predicted octanol–water partition coefficient (Wildman–Crippen LogP) is 15.6. The quantitative estimate of drug-likeness (QED) is 0.175. The van der Waals surface area contributed by atoms with Crippen molar-refractivity contribution < 1.29 is 0 Å². The van der Waals surface area contributed by atoms with Crippen LogP contribution in [0.25, 0.3) is 81.0 Å². The Morgan fingerprint density at radius 3 is 2.02 bits per heavy atom. The lowest BCUT2D eigenvalue weighted by Gasteiger charge is -2.42. The molecule has 1 N–H and O–H groups in total. The molecule has 0 fully saturated rings. The molecule has 3 aromatic heterocycles. The van der Waals surface area contributed by atoms with Crippen LogP contribution in [-0.4, -0.2) is 16.4 Å². The number of fused-ring (bicyclic) bond motifs is 11. The molecule has 4 heterocycles. The highest BCUT2D eigenvalue weighted by Gasteiger charge is 2.39. The van der Waals surface area contributed by atoms with Gasteiger partial charge in [-0.3, -0.25) is 0 Å². The van der Waals surface area contributed by atoms with E-state index in [2.05, 4.69) is 225 Å². The van der Waals surface area contributed by atoms with Crippen molar-refractivity contribution in [1.29, 1.82) is 0 Å². The van der Waals surface area contributed by atoms with Gasteiger partial charge in [-0.15, -0.1) is 11.3 Å². The fourth-order valence-electron chi connectivity index (χ4n) is 11.5. The number of nitrogens with zero attached hydrogens (tertiary/aromatic N) is 2. The first-order chi connectivity index (χ1) is 31.4. The summed E-state index contributed by atoms with van der Waals surface area (Å²) in [6.45, 7) is 23.7. The first-order valence-corrected chi connectivity index (χ1v) is 24.8. The molecule has 0 bridgehead atoms. The van der Waals surface area contributed by atoms with Gasteiger partial charge in [0.25, 0.3) is 0 Å². The molecule has 0 spiro atoms. The van der Waals surface area contributed by atoms with Crippen LogP contribution in [0.15, 0.2) is 127 Å². The number of rotatable bonds is 4. The smallest absolute Gasteiger partial charge is 0.198 e. The molecule has 66 heavy (non-hydrogen) atoms. The van der Waals surface area contributed by atoms with Gasteiger partial charge in [-0.1, -0.05) is 147 Å². The van der Waals surface area contributed by atoms with Crippen molar-refractivity contribution in [3.8, 4) is 28.1 Å². The minimum atomic E-state index is -0.0541. The zero-order valence-corrected chi connectivity index (χ0v) is 41.2. The number of aromatic nitrogens is 2. The van der Waals surface area contributed by atoms with Crippen LogP contribution in [0.2, 0.25) is 0 Å². The van der Waals surface area contributed by atoms with Crippen molar-refractivity contribution in [3.63, 3.8) is 0 Å². The summed E-state index contributed by atoms with van der Waals surface area (Å²) in [5, 5.41) is 10.7. The molecule has 10 aromatic rings. The zero-order chi connectivity index (χ0) is 45.8. The molecule has 0 atom stereocenters. The van der Waals surface area contributed by atoms with E-state index in [0.29, 0.717) is 0 Å². The fourth-order valence-corrected chi connectivity index (χ4v) is 12.8. The van der Waals surface area contributed by atoms with Crippen LogP contribution in [0.4, 0.5) is 11.4 Å². The summed E-state index contributed by atoms with van der Waals surface area (Å²) >= 11 is 1.96. The maximum absolute atomic E-state index is 3.99. The van der Waals surface area contributed by atoms with Crippen molar-refractivity contribution in [1.82, 2.24) is 9.13 Å². The third kappa shape index (κ3) is 6.14. The van der Waals surface area contributed by atoms with Crippen LogP contribution in [0.3, 0.4) is 0 Å². The second-order valence-electron chi connectivity index (χ2n) is 22.9. The summed E-state index contributed by atoms with van der Waals surface area (Å²) < 4.78 is 7.74. The lowest BCUT2D eigenvalue weighted by molar-refractivity contribution is 0.332. The highest BCUT2D eigenvalue weighted by molar-refractivity contribution is 7.26. The van der Waals surface area contributed by atoms with Gasteiger partial charge >= 0.3 is 0 Å². The minimum absolute atomic E-state index is 0.0541. The first-order valence-electron chi connectivity index (χ1n) is 23.9. The Morgan fingerprint density at radius 2 is 1.30 bits per heavy atom. The molecule has 5 heteroatoms. The normalized spacial score (nSPS) is 15.4. The number of hydrogen-bond donors (Lipinski definition) is 1. The van der Waals surface area contributed by atoms with Crippen LogP contribution >= 0.6 is 11.3 Å². The van der Waals surface area contributed by atoms with Crippen molar-refractivity contribution in [2.24, 2.45) is 7.05 Å². The van der Waals surface area contributed by atoms with Gasteiger partial charge in [-0.05, 0) is 133 Å². The molecular formula is C61H59BN3S. The number of hydrogen-bond acceptors (Lipinski definition) is 2. The van der Waals surface area contributed by atoms with Crippen molar-refractivity contribution in [2.45, 2.75) is 104 Å². The van der Waals surface area contributed by atoms with Gasteiger partial charge in [0.1, 0.15) is 0 Å². The molecule has 0 unspecified atom stereocenters. The molecule has 12 rings (SSSR count). The molecule has 1 radical (unpaired) electrons. The second-order valence-corrected chi connectivity index (χ2v) is 23.9. The van der Waals surface area contributed by atoms with Crippen molar-refractivity contribution >= 4 is 93.8 Å². The summed E-state index contributed by atoms with van der Waals surface area (Å²) in [4.78, 5) is 0. The average molecular weight is 877 g/mol. The van der Waals surface area contributed by atoms with Crippen LogP contribution in [0.1, 0.15) is 104 Å². The molecule has 0 saturated heterocycles. The van der Waals surface area contributed by atoms with Gasteiger partial charge < -0.3 is 14.5 Å². The van der Waals surface area contributed by atoms with E-state index in [-0.39, 0.29) is 21.7 Å². The number of thiophene rings is 1. The van der Waals surface area contributed by atoms with Crippen molar-refractivity contribution in [2.75, 3.05) is 5.32 Å². The van der Waals surface area contributed by atoms with E-state index in [0.717, 1.165) is 11.4 Å². The van der Waals surface area contributed by atoms with E-state index >= 15 is 0 Å². The maximum Gasteiger partial charge on any atom is 0.198 e. The fraction of sp³-hybridized carbons (Fsp3) is 0.279. The molecule has 1 aliphatic carbocycles. The molecular weight excluding hydrogens is 818 g/mol. The Hall–Kier alpha value is -6.04. The third-order valence-electron chi connectivity index (χ3n) is 15.5. The van der Waals surface area contributed by atoms with E-state index in [4.69, 9.17) is 0 Å². The van der Waals surface area contributed by atoms with Gasteiger partial charge in [-0.25, -0.2) is 0 Å². The van der Waals surface area contributed by atoms with E-state index in [9.17, 15) is 0 Å². The van der Waals surface area contributed by atoms with E-state index in [1.807, 2.05) is 11.3 Å². The zero-order valence-electron chi connectivity index (χ0n) is 40.4. The van der Waals surface area contributed by atoms with Gasteiger partial charge in [-0.2, -0.15) is 0 Å². The molecule has 327 valence electrons. The molecule has 3 nitrogen and oxygen atoms in total. The Bertz CT molecular complexity index is 3650. The second kappa shape index (κ2) is 14.0. The summed E-state index contributed by atoms with van der Waals surface area (Å²) in [6, 6.07) is 48.8. The number of nitrogens with one attached hydrogen (secondary N) is 1. The maximum atomic E-state index is 3.99. The Morgan fingerprint density at radius 1 is 0.636 bits per heavy atom. The number of aryl methyl sites for hydroxylation is 1. The highest BCUT2D eigenvalue weighted by Crippen LogP contribution is 2.53. The molecule has 0 saturated carbocycles. The van der Waals surface area contributed by atoms with E-state index in [1.54, 1.807) is 0 Å². The van der Waals surface area contributed by atoms with Gasteiger partial charge in [0.2, 0.25) is 0 Å². The molecule has 2 aliphatic rings.